The third-order valence-corrected chi connectivity index (χ3v) is 2.49. The van der Waals surface area contributed by atoms with Crippen LogP contribution < -0.4 is 16.0 Å². The Morgan fingerprint density at radius 2 is 2.29 bits per heavy atom. The average Bonchev–Trinajstić information content (AvgIpc) is 2.63. The van der Waals surface area contributed by atoms with E-state index in [-0.39, 0.29) is 18.4 Å². The standard InChI is InChI=1S/C10H17N3O4/c1-2-3-7(9(15)16)13-10(17)12-6-4-8(14)11-5-6/h6-7H,2-5H2,1H3,(H,11,14)(H,15,16)(H2,12,13,17)/t6?,7-/m1/s1. The van der Waals surface area contributed by atoms with Crippen LogP contribution in [-0.4, -0.2) is 41.6 Å². The number of carboxylic acid groups (broad SMARTS) is 1. The first-order valence-electron chi connectivity index (χ1n) is 5.59. The van der Waals surface area contributed by atoms with Crippen molar-refractivity contribution in [3.05, 3.63) is 0 Å². The Hall–Kier alpha value is -1.79. The number of nitrogens with one attached hydrogen (secondary N) is 3. The molecule has 1 aliphatic heterocycles. The van der Waals surface area contributed by atoms with E-state index in [0.717, 1.165) is 0 Å². The fourth-order valence-corrected chi connectivity index (χ4v) is 1.64. The van der Waals surface area contributed by atoms with Crippen LogP contribution >= 0.6 is 0 Å². The van der Waals surface area contributed by atoms with Gasteiger partial charge in [0.15, 0.2) is 0 Å². The maximum absolute atomic E-state index is 11.5. The van der Waals surface area contributed by atoms with Gasteiger partial charge < -0.3 is 21.1 Å². The summed E-state index contributed by atoms with van der Waals surface area (Å²) in [5.74, 6) is -1.17. The van der Waals surface area contributed by atoms with Crippen molar-refractivity contribution >= 4 is 17.9 Å². The van der Waals surface area contributed by atoms with Gasteiger partial charge in [-0.3, -0.25) is 4.79 Å². The second kappa shape index (κ2) is 6.07. The summed E-state index contributed by atoms with van der Waals surface area (Å²) in [4.78, 5) is 33.2. The fourth-order valence-electron chi connectivity index (χ4n) is 1.64. The number of hydrogen-bond donors (Lipinski definition) is 4. The van der Waals surface area contributed by atoms with Crippen molar-refractivity contribution in [2.75, 3.05) is 6.54 Å². The lowest BCUT2D eigenvalue weighted by Gasteiger charge is -2.16. The fraction of sp³-hybridized carbons (Fsp3) is 0.700. The summed E-state index contributed by atoms with van der Waals surface area (Å²) in [6.45, 7) is 2.23. The number of urea groups is 1. The van der Waals surface area contributed by atoms with Crippen molar-refractivity contribution in [2.24, 2.45) is 0 Å². The van der Waals surface area contributed by atoms with Crippen molar-refractivity contribution < 1.29 is 19.5 Å². The van der Waals surface area contributed by atoms with Crippen molar-refractivity contribution in [3.8, 4) is 0 Å². The van der Waals surface area contributed by atoms with Crippen LogP contribution in [-0.2, 0) is 9.59 Å². The minimum absolute atomic E-state index is 0.112. The lowest BCUT2D eigenvalue weighted by Crippen LogP contribution is -2.49. The number of aliphatic carboxylic acids is 1. The zero-order valence-electron chi connectivity index (χ0n) is 9.66. The number of rotatable bonds is 5. The quantitative estimate of drug-likeness (QED) is 0.518. The molecule has 1 unspecified atom stereocenters. The average molecular weight is 243 g/mol. The Balaban J connectivity index is 2.36. The molecule has 0 aromatic carbocycles. The van der Waals surface area contributed by atoms with Gasteiger partial charge in [-0.1, -0.05) is 13.3 Å². The lowest BCUT2D eigenvalue weighted by atomic mass is 10.2. The van der Waals surface area contributed by atoms with E-state index in [1.165, 1.54) is 0 Å². The minimum atomic E-state index is -1.05. The maximum Gasteiger partial charge on any atom is 0.326 e. The monoisotopic (exact) mass is 243 g/mol. The predicted octanol–water partition coefficient (Wildman–Crippen LogP) is -0.573. The molecule has 7 heteroatoms. The second-order valence-corrected chi connectivity index (χ2v) is 4.00. The Kier molecular flexibility index (Phi) is 4.74. The molecule has 4 N–H and O–H groups in total. The lowest BCUT2D eigenvalue weighted by molar-refractivity contribution is -0.139. The van der Waals surface area contributed by atoms with Crippen molar-refractivity contribution in [3.63, 3.8) is 0 Å². The first kappa shape index (κ1) is 13.3. The smallest absolute Gasteiger partial charge is 0.326 e. The second-order valence-electron chi connectivity index (χ2n) is 4.00. The zero-order chi connectivity index (χ0) is 12.8. The summed E-state index contributed by atoms with van der Waals surface area (Å²) in [5, 5.41) is 16.4. The molecule has 17 heavy (non-hydrogen) atoms. The summed E-state index contributed by atoms with van der Waals surface area (Å²) in [6, 6.07) is -1.70. The molecule has 1 saturated heterocycles. The molecule has 1 rings (SSSR count). The summed E-state index contributed by atoms with van der Waals surface area (Å²) < 4.78 is 0. The van der Waals surface area contributed by atoms with E-state index in [1.807, 2.05) is 6.92 Å². The van der Waals surface area contributed by atoms with E-state index in [9.17, 15) is 14.4 Å². The third kappa shape index (κ3) is 4.29. The van der Waals surface area contributed by atoms with E-state index in [1.54, 1.807) is 0 Å². The van der Waals surface area contributed by atoms with Gasteiger partial charge in [0, 0.05) is 13.0 Å². The molecule has 3 amide bonds. The van der Waals surface area contributed by atoms with E-state index < -0.39 is 18.0 Å². The molecule has 0 bridgehead atoms. The Labute approximate surface area is 98.9 Å². The molecule has 1 heterocycles. The molecule has 2 atom stereocenters. The molecule has 7 nitrogen and oxygen atoms in total. The highest BCUT2D eigenvalue weighted by molar-refractivity contribution is 5.84. The van der Waals surface area contributed by atoms with Crippen LogP contribution in [0.3, 0.4) is 0 Å². The van der Waals surface area contributed by atoms with E-state index >= 15 is 0 Å². The van der Waals surface area contributed by atoms with Gasteiger partial charge in [-0.25, -0.2) is 9.59 Å². The molecule has 1 aliphatic rings. The highest BCUT2D eigenvalue weighted by atomic mass is 16.4. The maximum atomic E-state index is 11.5. The largest absolute Gasteiger partial charge is 0.480 e. The van der Waals surface area contributed by atoms with Crippen LogP contribution in [0.15, 0.2) is 0 Å². The molecular formula is C10H17N3O4. The Morgan fingerprint density at radius 3 is 2.76 bits per heavy atom. The van der Waals surface area contributed by atoms with Crippen LogP contribution in [0.5, 0.6) is 0 Å². The zero-order valence-corrected chi connectivity index (χ0v) is 9.66. The van der Waals surface area contributed by atoms with Crippen LogP contribution in [0.1, 0.15) is 26.2 Å². The number of carbonyl (C=O) groups is 3. The van der Waals surface area contributed by atoms with Gasteiger partial charge in [-0.15, -0.1) is 0 Å². The number of carbonyl (C=O) groups excluding carboxylic acids is 2. The highest BCUT2D eigenvalue weighted by Gasteiger charge is 2.25. The van der Waals surface area contributed by atoms with Gasteiger partial charge in [0.05, 0.1) is 6.04 Å². The topological polar surface area (TPSA) is 108 Å². The Morgan fingerprint density at radius 1 is 1.59 bits per heavy atom. The first-order valence-corrected chi connectivity index (χ1v) is 5.59. The van der Waals surface area contributed by atoms with E-state index in [2.05, 4.69) is 16.0 Å². The highest BCUT2D eigenvalue weighted by Crippen LogP contribution is 2.00. The predicted molar refractivity (Wildman–Crippen MR) is 59.4 cm³/mol. The molecule has 0 radical (unpaired) electrons. The van der Waals surface area contributed by atoms with Crippen LogP contribution in [0.4, 0.5) is 4.79 Å². The van der Waals surface area contributed by atoms with Crippen LogP contribution in [0.25, 0.3) is 0 Å². The van der Waals surface area contributed by atoms with Gasteiger partial charge in [0.25, 0.3) is 0 Å². The summed E-state index contributed by atoms with van der Waals surface area (Å²) in [6.07, 6.45) is 1.28. The molecule has 0 aromatic rings. The van der Waals surface area contributed by atoms with Gasteiger partial charge in [-0.05, 0) is 6.42 Å². The first-order chi connectivity index (χ1) is 8.02. The van der Waals surface area contributed by atoms with Crippen molar-refractivity contribution in [1.29, 1.82) is 0 Å². The number of carboxylic acids is 1. The molecule has 0 saturated carbocycles. The SMILES string of the molecule is CCC[C@@H](NC(=O)NC1CNC(=O)C1)C(=O)O. The van der Waals surface area contributed by atoms with Crippen LogP contribution in [0, 0.1) is 0 Å². The van der Waals surface area contributed by atoms with Gasteiger partial charge >= 0.3 is 12.0 Å². The van der Waals surface area contributed by atoms with Gasteiger partial charge in [-0.2, -0.15) is 0 Å². The molecule has 0 aliphatic carbocycles. The Bertz CT molecular complexity index is 319. The molecule has 1 fully saturated rings. The van der Waals surface area contributed by atoms with E-state index in [0.29, 0.717) is 19.4 Å². The molecule has 96 valence electrons. The van der Waals surface area contributed by atoms with Crippen molar-refractivity contribution in [2.45, 2.75) is 38.3 Å². The number of hydrogen-bond acceptors (Lipinski definition) is 3. The van der Waals surface area contributed by atoms with Gasteiger partial charge in [0.2, 0.25) is 5.91 Å². The third-order valence-electron chi connectivity index (χ3n) is 2.49. The minimum Gasteiger partial charge on any atom is -0.480 e. The molecule has 0 spiro atoms. The van der Waals surface area contributed by atoms with Gasteiger partial charge in [0.1, 0.15) is 6.04 Å². The van der Waals surface area contributed by atoms with Crippen LogP contribution in [0.2, 0.25) is 0 Å². The van der Waals surface area contributed by atoms with E-state index in [4.69, 9.17) is 5.11 Å². The van der Waals surface area contributed by atoms with Crippen molar-refractivity contribution in [1.82, 2.24) is 16.0 Å². The summed E-state index contributed by atoms with van der Waals surface area (Å²) in [5.41, 5.74) is 0. The molecular weight excluding hydrogens is 226 g/mol. The number of amides is 3. The summed E-state index contributed by atoms with van der Waals surface area (Å²) >= 11 is 0. The normalized spacial score (nSPS) is 20.5. The summed E-state index contributed by atoms with van der Waals surface area (Å²) in [7, 11) is 0. The molecule has 0 aromatic heterocycles.